The second-order valence-corrected chi connectivity index (χ2v) is 6.00. The number of rotatable bonds is 6. The molecule has 0 aliphatic carbocycles. The molecule has 0 spiro atoms. The van der Waals surface area contributed by atoms with Crippen molar-refractivity contribution in [2.45, 2.75) is 13.2 Å². The van der Waals surface area contributed by atoms with E-state index in [0.717, 1.165) is 5.56 Å². The molecule has 2 aromatic carbocycles. The summed E-state index contributed by atoms with van der Waals surface area (Å²) in [5.41, 5.74) is 1.57. The van der Waals surface area contributed by atoms with E-state index < -0.39 is 6.61 Å². The topological polar surface area (TPSA) is 83.0 Å². The fourth-order valence-electron chi connectivity index (χ4n) is 2.67. The van der Waals surface area contributed by atoms with Gasteiger partial charge in [0.2, 0.25) is 11.7 Å². The van der Waals surface area contributed by atoms with Gasteiger partial charge in [-0.1, -0.05) is 35.5 Å². The molecule has 0 amide bonds. The predicted octanol–water partition coefficient (Wildman–Crippen LogP) is 3.61. The van der Waals surface area contributed by atoms with Crippen molar-refractivity contribution in [1.29, 1.82) is 0 Å². The van der Waals surface area contributed by atoms with Gasteiger partial charge in [0.15, 0.2) is 0 Å². The molecule has 0 aliphatic heterocycles. The zero-order valence-electron chi connectivity index (χ0n) is 14.9. The Hall–Kier alpha value is -3.88. The SMILES string of the molecule is O=c1ccc(-c2ccc(OC(F)F)cc2)nn1Cc1nc(-c2ccccc2)no1. The minimum atomic E-state index is -2.89. The van der Waals surface area contributed by atoms with Crippen LogP contribution < -0.4 is 10.3 Å². The van der Waals surface area contributed by atoms with Crippen molar-refractivity contribution in [2.75, 3.05) is 0 Å². The highest BCUT2D eigenvalue weighted by molar-refractivity contribution is 5.59. The van der Waals surface area contributed by atoms with Gasteiger partial charge in [-0.3, -0.25) is 4.79 Å². The number of aromatic nitrogens is 4. The number of ether oxygens (including phenoxy) is 1. The molecule has 0 bridgehead atoms. The first-order chi connectivity index (χ1) is 14.1. The molecule has 0 N–H and O–H groups in total. The Bertz CT molecular complexity index is 1160. The lowest BCUT2D eigenvalue weighted by Crippen LogP contribution is -2.23. The summed E-state index contributed by atoms with van der Waals surface area (Å²) in [6.45, 7) is -2.89. The van der Waals surface area contributed by atoms with Crippen LogP contribution in [0.4, 0.5) is 8.78 Å². The van der Waals surface area contributed by atoms with Crippen molar-refractivity contribution in [3.8, 4) is 28.4 Å². The molecular weight excluding hydrogens is 382 g/mol. The third kappa shape index (κ3) is 4.34. The number of nitrogens with zero attached hydrogens (tertiary/aromatic N) is 4. The van der Waals surface area contributed by atoms with Crippen molar-refractivity contribution in [1.82, 2.24) is 19.9 Å². The van der Waals surface area contributed by atoms with Gasteiger partial charge in [0, 0.05) is 17.2 Å². The Labute approximate surface area is 163 Å². The molecule has 4 aromatic rings. The van der Waals surface area contributed by atoms with Gasteiger partial charge in [-0.15, -0.1) is 0 Å². The fourth-order valence-corrected chi connectivity index (χ4v) is 2.67. The van der Waals surface area contributed by atoms with Crippen LogP contribution in [-0.4, -0.2) is 26.5 Å². The first kappa shape index (κ1) is 18.5. The number of hydrogen-bond acceptors (Lipinski definition) is 6. The normalized spacial score (nSPS) is 11.0. The van der Waals surface area contributed by atoms with E-state index in [4.69, 9.17) is 4.52 Å². The van der Waals surface area contributed by atoms with E-state index in [1.54, 1.807) is 18.2 Å². The second-order valence-electron chi connectivity index (χ2n) is 6.00. The van der Waals surface area contributed by atoms with Crippen LogP contribution in [0, 0.1) is 0 Å². The van der Waals surface area contributed by atoms with Crippen molar-refractivity contribution >= 4 is 0 Å². The molecule has 0 atom stereocenters. The number of halogens is 2. The molecule has 0 saturated heterocycles. The highest BCUT2D eigenvalue weighted by Crippen LogP contribution is 2.21. The zero-order chi connectivity index (χ0) is 20.2. The minimum Gasteiger partial charge on any atom is -0.435 e. The maximum Gasteiger partial charge on any atom is 0.387 e. The molecule has 2 aromatic heterocycles. The third-order valence-electron chi connectivity index (χ3n) is 4.03. The van der Waals surface area contributed by atoms with Crippen LogP contribution in [0.3, 0.4) is 0 Å². The number of benzene rings is 2. The Balaban J connectivity index is 1.56. The standard InChI is InChI=1S/C20H14F2N4O3/c21-20(22)28-15-8-6-13(7-9-15)16-10-11-18(27)26(24-16)12-17-23-19(25-29-17)14-4-2-1-3-5-14/h1-11,20H,12H2. The summed E-state index contributed by atoms with van der Waals surface area (Å²) in [6, 6.07) is 18.2. The number of alkyl halides is 2. The highest BCUT2D eigenvalue weighted by atomic mass is 19.3. The molecule has 29 heavy (non-hydrogen) atoms. The van der Waals surface area contributed by atoms with Crippen molar-refractivity contribution in [3.05, 3.63) is 83.0 Å². The lowest BCUT2D eigenvalue weighted by Gasteiger charge is -2.07. The molecule has 0 unspecified atom stereocenters. The lowest BCUT2D eigenvalue weighted by atomic mass is 10.1. The Morgan fingerprint density at radius 3 is 2.45 bits per heavy atom. The van der Waals surface area contributed by atoms with E-state index in [9.17, 15) is 13.6 Å². The van der Waals surface area contributed by atoms with Crippen LogP contribution in [0.25, 0.3) is 22.6 Å². The quantitative estimate of drug-likeness (QED) is 0.495. The summed E-state index contributed by atoms with van der Waals surface area (Å²) >= 11 is 0. The first-order valence-electron chi connectivity index (χ1n) is 8.60. The molecular formula is C20H14F2N4O3. The molecule has 4 rings (SSSR count). The van der Waals surface area contributed by atoms with Crippen molar-refractivity contribution < 1.29 is 18.0 Å². The van der Waals surface area contributed by atoms with Crippen LogP contribution in [0.5, 0.6) is 5.75 Å². The molecule has 2 heterocycles. The molecule has 9 heteroatoms. The van der Waals surface area contributed by atoms with Gasteiger partial charge in [-0.05, 0) is 30.3 Å². The van der Waals surface area contributed by atoms with E-state index in [1.165, 1.54) is 22.9 Å². The summed E-state index contributed by atoms with van der Waals surface area (Å²) < 4.78 is 35.3. The molecule has 0 saturated carbocycles. The van der Waals surface area contributed by atoms with Crippen molar-refractivity contribution in [3.63, 3.8) is 0 Å². The summed E-state index contributed by atoms with van der Waals surface area (Å²) in [4.78, 5) is 16.5. The van der Waals surface area contributed by atoms with Gasteiger partial charge in [0.1, 0.15) is 12.3 Å². The maximum absolute atomic E-state index is 12.3. The van der Waals surface area contributed by atoms with Crippen LogP contribution in [0.15, 0.2) is 76.0 Å². The Morgan fingerprint density at radius 1 is 0.966 bits per heavy atom. The highest BCUT2D eigenvalue weighted by Gasteiger charge is 2.12. The van der Waals surface area contributed by atoms with E-state index in [1.807, 2.05) is 30.3 Å². The summed E-state index contributed by atoms with van der Waals surface area (Å²) in [6.07, 6.45) is 0. The molecule has 7 nitrogen and oxygen atoms in total. The maximum atomic E-state index is 12.3. The summed E-state index contributed by atoms with van der Waals surface area (Å²) in [7, 11) is 0. The van der Waals surface area contributed by atoms with Gasteiger partial charge in [0.05, 0.1) is 5.69 Å². The molecule has 0 fully saturated rings. The van der Waals surface area contributed by atoms with E-state index in [2.05, 4.69) is 20.0 Å². The average molecular weight is 396 g/mol. The largest absolute Gasteiger partial charge is 0.435 e. The van der Waals surface area contributed by atoms with Crippen molar-refractivity contribution in [2.24, 2.45) is 0 Å². The van der Waals surface area contributed by atoms with Crippen LogP contribution in [-0.2, 0) is 6.54 Å². The average Bonchev–Trinajstić information content (AvgIpc) is 3.19. The third-order valence-corrected chi connectivity index (χ3v) is 4.03. The van der Waals surface area contributed by atoms with Crippen LogP contribution in [0.1, 0.15) is 5.89 Å². The summed E-state index contributed by atoms with van der Waals surface area (Å²) in [5.74, 6) is 0.687. The molecule has 146 valence electrons. The fraction of sp³-hybridized carbons (Fsp3) is 0.100. The Kier molecular flexibility index (Phi) is 5.10. The smallest absolute Gasteiger partial charge is 0.387 e. The van der Waals surface area contributed by atoms with Gasteiger partial charge in [-0.2, -0.15) is 18.9 Å². The lowest BCUT2D eigenvalue weighted by molar-refractivity contribution is -0.0498. The summed E-state index contributed by atoms with van der Waals surface area (Å²) in [5, 5.41) is 8.22. The van der Waals surface area contributed by atoms with E-state index in [-0.39, 0.29) is 23.7 Å². The van der Waals surface area contributed by atoms with Crippen LogP contribution in [0.2, 0.25) is 0 Å². The minimum absolute atomic E-state index is 0.000909. The Morgan fingerprint density at radius 2 is 1.72 bits per heavy atom. The molecule has 0 aliphatic rings. The molecule has 0 radical (unpaired) electrons. The van der Waals surface area contributed by atoms with Gasteiger partial charge < -0.3 is 9.26 Å². The van der Waals surface area contributed by atoms with E-state index >= 15 is 0 Å². The zero-order valence-corrected chi connectivity index (χ0v) is 14.9. The second kappa shape index (κ2) is 8.01. The number of hydrogen-bond donors (Lipinski definition) is 0. The monoisotopic (exact) mass is 396 g/mol. The predicted molar refractivity (Wildman–Crippen MR) is 99.4 cm³/mol. The van der Waals surface area contributed by atoms with Gasteiger partial charge in [0.25, 0.3) is 5.56 Å². The first-order valence-corrected chi connectivity index (χ1v) is 8.60. The van der Waals surface area contributed by atoms with Crippen LogP contribution >= 0.6 is 0 Å². The van der Waals surface area contributed by atoms with Gasteiger partial charge >= 0.3 is 6.61 Å². The van der Waals surface area contributed by atoms with Gasteiger partial charge in [-0.25, -0.2) is 4.68 Å². The van der Waals surface area contributed by atoms with E-state index in [0.29, 0.717) is 17.1 Å².